The summed E-state index contributed by atoms with van der Waals surface area (Å²) in [6.07, 6.45) is 0. The van der Waals surface area contributed by atoms with E-state index in [-0.39, 0.29) is 11.5 Å². The zero-order chi connectivity index (χ0) is 14.1. The molecule has 0 saturated carbocycles. The Labute approximate surface area is 116 Å². The predicted molar refractivity (Wildman–Crippen MR) is 77.5 cm³/mol. The maximum Gasteiger partial charge on any atom is 0.128 e. The van der Waals surface area contributed by atoms with Crippen molar-refractivity contribution in [1.82, 2.24) is 10.2 Å². The molecule has 3 aromatic rings. The van der Waals surface area contributed by atoms with Crippen LogP contribution in [0.5, 0.6) is 11.5 Å². The normalized spacial score (nSPS) is 10.7. The molecule has 4 nitrogen and oxygen atoms in total. The number of benzene rings is 2. The van der Waals surface area contributed by atoms with Crippen molar-refractivity contribution < 1.29 is 10.2 Å². The highest BCUT2D eigenvalue weighted by Crippen LogP contribution is 2.41. The van der Waals surface area contributed by atoms with Crippen LogP contribution in [0.2, 0.25) is 0 Å². The smallest absolute Gasteiger partial charge is 0.128 e. The van der Waals surface area contributed by atoms with Gasteiger partial charge in [-0.2, -0.15) is 5.10 Å². The van der Waals surface area contributed by atoms with E-state index in [0.717, 1.165) is 16.8 Å². The van der Waals surface area contributed by atoms with E-state index < -0.39 is 0 Å². The fraction of sp³-hybridized carbons (Fsp3) is 0.0625. The molecule has 20 heavy (non-hydrogen) atoms. The molecule has 4 heteroatoms. The molecule has 0 aliphatic rings. The summed E-state index contributed by atoms with van der Waals surface area (Å²) in [5.41, 5.74) is 3.63. The van der Waals surface area contributed by atoms with Gasteiger partial charge in [-0.25, -0.2) is 0 Å². The van der Waals surface area contributed by atoms with Crippen LogP contribution in [-0.2, 0) is 0 Å². The maximum absolute atomic E-state index is 10.0. The highest BCUT2D eigenvalue weighted by Gasteiger charge is 2.19. The van der Waals surface area contributed by atoms with Crippen LogP contribution in [0.1, 0.15) is 5.69 Å². The first-order valence-corrected chi connectivity index (χ1v) is 6.30. The van der Waals surface area contributed by atoms with Gasteiger partial charge in [-0.15, -0.1) is 0 Å². The molecular formula is C16H14N2O2. The van der Waals surface area contributed by atoms with Gasteiger partial charge in [0.2, 0.25) is 0 Å². The SMILES string of the molecule is Cc1[nH]nc(-c2c(O)cccc2O)c1-c1ccccc1. The number of hydrogen-bond donors (Lipinski definition) is 3. The number of hydrogen-bond acceptors (Lipinski definition) is 3. The Morgan fingerprint density at radius 2 is 1.50 bits per heavy atom. The van der Waals surface area contributed by atoms with Crippen molar-refractivity contribution in [3.63, 3.8) is 0 Å². The van der Waals surface area contributed by atoms with Gasteiger partial charge in [0.15, 0.2) is 0 Å². The lowest BCUT2D eigenvalue weighted by Crippen LogP contribution is -1.85. The lowest BCUT2D eigenvalue weighted by molar-refractivity contribution is 0.454. The summed E-state index contributed by atoms with van der Waals surface area (Å²) in [4.78, 5) is 0. The molecule has 0 atom stereocenters. The van der Waals surface area contributed by atoms with Gasteiger partial charge < -0.3 is 10.2 Å². The Morgan fingerprint density at radius 3 is 2.15 bits per heavy atom. The minimum absolute atomic E-state index is 0.00804. The number of aromatic hydroxyl groups is 2. The van der Waals surface area contributed by atoms with Gasteiger partial charge in [-0.1, -0.05) is 36.4 Å². The molecule has 1 heterocycles. The van der Waals surface area contributed by atoms with Crippen LogP contribution in [0.4, 0.5) is 0 Å². The Hall–Kier alpha value is -2.75. The summed E-state index contributed by atoms with van der Waals surface area (Å²) in [7, 11) is 0. The van der Waals surface area contributed by atoms with Gasteiger partial charge in [0.05, 0.1) is 5.56 Å². The second-order valence-corrected chi connectivity index (χ2v) is 4.61. The largest absolute Gasteiger partial charge is 0.507 e. The van der Waals surface area contributed by atoms with Crippen molar-refractivity contribution in [3.8, 4) is 33.9 Å². The molecule has 2 aromatic carbocycles. The number of rotatable bonds is 2. The van der Waals surface area contributed by atoms with Crippen LogP contribution in [0, 0.1) is 6.92 Å². The van der Waals surface area contributed by atoms with Gasteiger partial charge in [0, 0.05) is 11.3 Å². The van der Waals surface area contributed by atoms with Crippen molar-refractivity contribution in [2.45, 2.75) is 6.92 Å². The zero-order valence-electron chi connectivity index (χ0n) is 11.0. The predicted octanol–water partition coefficient (Wildman–Crippen LogP) is 3.46. The van der Waals surface area contributed by atoms with Gasteiger partial charge in [0.1, 0.15) is 17.2 Å². The van der Waals surface area contributed by atoms with Crippen molar-refractivity contribution in [1.29, 1.82) is 0 Å². The molecule has 3 N–H and O–H groups in total. The molecule has 0 aliphatic heterocycles. The molecule has 0 bridgehead atoms. The Morgan fingerprint density at radius 1 is 0.850 bits per heavy atom. The van der Waals surface area contributed by atoms with Crippen molar-refractivity contribution in [2.75, 3.05) is 0 Å². The second kappa shape index (κ2) is 4.74. The molecule has 1 aromatic heterocycles. The lowest BCUT2D eigenvalue weighted by Gasteiger charge is -2.08. The molecule has 100 valence electrons. The topological polar surface area (TPSA) is 69.1 Å². The highest BCUT2D eigenvalue weighted by atomic mass is 16.3. The lowest BCUT2D eigenvalue weighted by atomic mass is 9.98. The highest BCUT2D eigenvalue weighted by molar-refractivity contribution is 5.87. The van der Waals surface area contributed by atoms with Gasteiger partial charge in [0.25, 0.3) is 0 Å². The van der Waals surface area contributed by atoms with Crippen molar-refractivity contribution >= 4 is 0 Å². The molecule has 0 unspecified atom stereocenters. The van der Waals surface area contributed by atoms with E-state index in [1.165, 1.54) is 12.1 Å². The fourth-order valence-electron chi connectivity index (χ4n) is 2.34. The van der Waals surface area contributed by atoms with E-state index >= 15 is 0 Å². The van der Waals surface area contributed by atoms with Crippen LogP contribution in [0.15, 0.2) is 48.5 Å². The quantitative estimate of drug-likeness (QED) is 0.665. The van der Waals surface area contributed by atoms with E-state index in [0.29, 0.717) is 11.3 Å². The van der Waals surface area contributed by atoms with E-state index in [1.54, 1.807) is 6.07 Å². The third-order valence-electron chi connectivity index (χ3n) is 3.27. The molecule has 0 fully saturated rings. The summed E-state index contributed by atoms with van der Waals surface area (Å²) in [6.45, 7) is 1.91. The number of nitrogens with one attached hydrogen (secondary N) is 1. The molecular weight excluding hydrogens is 252 g/mol. The fourth-order valence-corrected chi connectivity index (χ4v) is 2.34. The van der Waals surface area contributed by atoms with Crippen LogP contribution in [0.25, 0.3) is 22.4 Å². The average molecular weight is 266 g/mol. The van der Waals surface area contributed by atoms with E-state index in [9.17, 15) is 10.2 Å². The Kier molecular flexibility index (Phi) is 2.91. The van der Waals surface area contributed by atoms with Crippen LogP contribution in [-0.4, -0.2) is 20.4 Å². The molecule has 0 spiro atoms. The number of nitrogens with zero attached hydrogens (tertiary/aromatic N) is 1. The average Bonchev–Trinajstić information content (AvgIpc) is 2.81. The standard InChI is InChI=1S/C16H14N2O2/c1-10-14(11-6-3-2-4-7-11)16(18-17-10)15-12(19)8-5-9-13(15)20/h2-9,19-20H,1H3,(H,17,18). The molecule has 0 saturated heterocycles. The summed E-state index contributed by atoms with van der Waals surface area (Å²) in [5, 5.41) is 27.2. The van der Waals surface area contributed by atoms with E-state index in [2.05, 4.69) is 10.2 Å². The molecule has 0 aliphatic carbocycles. The minimum atomic E-state index is 0.00804. The zero-order valence-corrected chi connectivity index (χ0v) is 11.0. The first-order chi connectivity index (χ1) is 9.68. The number of H-pyrrole nitrogens is 1. The number of aryl methyl sites for hydroxylation is 1. The van der Waals surface area contributed by atoms with Crippen molar-refractivity contribution in [2.24, 2.45) is 0 Å². The summed E-state index contributed by atoms with van der Waals surface area (Å²) in [5.74, 6) is 0.0161. The first-order valence-electron chi connectivity index (χ1n) is 6.30. The van der Waals surface area contributed by atoms with Crippen LogP contribution in [0.3, 0.4) is 0 Å². The van der Waals surface area contributed by atoms with Gasteiger partial charge in [-0.05, 0) is 24.6 Å². The number of aromatic nitrogens is 2. The Balaban J connectivity index is 2.27. The summed E-state index contributed by atoms with van der Waals surface area (Å²) in [6, 6.07) is 14.4. The first kappa shape index (κ1) is 12.3. The van der Waals surface area contributed by atoms with E-state index in [4.69, 9.17) is 0 Å². The third kappa shape index (κ3) is 1.91. The molecule has 0 amide bonds. The molecule has 0 radical (unpaired) electrons. The minimum Gasteiger partial charge on any atom is -0.507 e. The van der Waals surface area contributed by atoms with E-state index in [1.807, 2.05) is 37.3 Å². The number of phenols is 2. The van der Waals surface area contributed by atoms with Gasteiger partial charge >= 0.3 is 0 Å². The monoisotopic (exact) mass is 266 g/mol. The maximum atomic E-state index is 10.0. The van der Waals surface area contributed by atoms with Gasteiger partial charge in [-0.3, -0.25) is 5.10 Å². The number of aromatic amines is 1. The molecule has 3 rings (SSSR count). The summed E-state index contributed by atoms with van der Waals surface area (Å²) < 4.78 is 0. The van der Waals surface area contributed by atoms with Crippen LogP contribution >= 0.6 is 0 Å². The van der Waals surface area contributed by atoms with Crippen LogP contribution < -0.4 is 0 Å². The number of phenolic OH excluding ortho intramolecular Hbond substituents is 2. The summed E-state index contributed by atoms with van der Waals surface area (Å²) >= 11 is 0. The van der Waals surface area contributed by atoms with Crippen molar-refractivity contribution in [3.05, 3.63) is 54.2 Å². The Bertz CT molecular complexity index is 728. The third-order valence-corrected chi connectivity index (χ3v) is 3.27. The second-order valence-electron chi connectivity index (χ2n) is 4.61.